The zero-order valence-electron chi connectivity index (χ0n) is 8.90. The summed E-state index contributed by atoms with van der Waals surface area (Å²) in [5.41, 5.74) is 0.610. The standard InChI is InChI=1S/C12H7F3O2S/c13-12(14,15)17-10-3-1-2-8(6-10)11(16)9-4-5-18-7-9/h1-7H. The first-order valence-electron chi connectivity index (χ1n) is 4.88. The van der Waals surface area contributed by atoms with Crippen LogP contribution in [-0.2, 0) is 0 Å². The SMILES string of the molecule is O=C(c1ccsc1)c1cccc(OC(F)(F)F)c1. The Hall–Kier alpha value is -1.82. The van der Waals surface area contributed by atoms with Gasteiger partial charge in [-0.2, -0.15) is 11.3 Å². The minimum absolute atomic E-state index is 0.162. The molecule has 94 valence electrons. The molecule has 2 nitrogen and oxygen atoms in total. The lowest BCUT2D eigenvalue weighted by atomic mass is 10.1. The highest BCUT2D eigenvalue weighted by Crippen LogP contribution is 2.24. The van der Waals surface area contributed by atoms with Crippen LogP contribution in [0.1, 0.15) is 15.9 Å². The molecule has 0 fully saturated rings. The molecular formula is C12H7F3O2S. The molecule has 0 bridgehead atoms. The van der Waals surface area contributed by atoms with E-state index in [1.807, 2.05) is 0 Å². The lowest BCUT2D eigenvalue weighted by Gasteiger charge is -2.09. The van der Waals surface area contributed by atoms with E-state index in [4.69, 9.17) is 0 Å². The number of rotatable bonds is 3. The van der Waals surface area contributed by atoms with Gasteiger partial charge in [-0.3, -0.25) is 4.79 Å². The average Bonchev–Trinajstić information content (AvgIpc) is 2.79. The third kappa shape index (κ3) is 3.10. The molecule has 2 aromatic rings. The van der Waals surface area contributed by atoms with Crippen molar-refractivity contribution in [3.8, 4) is 5.75 Å². The average molecular weight is 272 g/mol. The van der Waals surface area contributed by atoms with Crippen molar-refractivity contribution in [1.82, 2.24) is 0 Å². The summed E-state index contributed by atoms with van der Waals surface area (Å²) < 4.78 is 39.9. The van der Waals surface area contributed by atoms with E-state index < -0.39 is 12.1 Å². The Labute approximate surface area is 105 Å². The van der Waals surface area contributed by atoms with Crippen molar-refractivity contribution >= 4 is 17.1 Å². The molecule has 0 aliphatic rings. The maximum atomic E-state index is 12.0. The maximum Gasteiger partial charge on any atom is 0.573 e. The lowest BCUT2D eigenvalue weighted by Crippen LogP contribution is -2.17. The number of carbonyl (C=O) groups is 1. The largest absolute Gasteiger partial charge is 0.573 e. The molecule has 0 aliphatic heterocycles. The summed E-state index contributed by atoms with van der Waals surface area (Å²) >= 11 is 1.34. The fourth-order valence-corrected chi connectivity index (χ4v) is 2.03. The van der Waals surface area contributed by atoms with E-state index >= 15 is 0 Å². The second kappa shape index (κ2) is 4.81. The van der Waals surface area contributed by atoms with E-state index in [0.29, 0.717) is 5.56 Å². The van der Waals surface area contributed by atoms with E-state index in [1.54, 1.807) is 16.8 Å². The van der Waals surface area contributed by atoms with Crippen molar-refractivity contribution in [1.29, 1.82) is 0 Å². The number of hydrogen-bond acceptors (Lipinski definition) is 3. The summed E-state index contributed by atoms with van der Waals surface area (Å²) in [6.07, 6.45) is -4.76. The monoisotopic (exact) mass is 272 g/mol. The van der Waals surface area contributed by atoms with Gasteiger partial charge in [0.05, 0.1) is 0 Å². The van der Waals surface area contributed by atoms with Gasteiger partial charge in [0, 0.05) is 16.5 Å². The van der Waals surface area contributed by atoms with Gasteiger partial charge in [-0.15, -0.1) is 13.2 Å². The fourth-order valence-electron chi connectivity index (χ4n) is 1.39. The van der Waals surface area contributed by atoms with Gasteiger partial charge in [0.25, 0.3) is 0 Å². The summed E-state index contributed by atoms with van der Waals surface area (Å²) in [5, 5.41) is 3.36. The predicted octanol–water partition coefficient (Wildman–Crippen LogP) is 3.88. The Bertz CT molecular complexity index is 547. The Balaban J connectivity index is 2.25. The van der Waals surface area contributed by atoms with Gasteiger partial charge in [-0.05, 0) is 23.6 Å². The van der Waals surface area contributed by atoms with Crippen LogP contribution in [0.3, 0.4) is 0 Å². The number of alkyl halides is 3. The topological polar surface area (TPSA) is 26.3 Å². The first-order valence-corrected chi connectivity index (χ1v) is 5.83. The van der Waals surface area contributed by atoms with Crippen LogP contribution in [0.4, 0.5) is 13.2 Å². The number of ether oxygens (including phenoxy) is 1. The molecule has 0 atom stereocenters. The molecule has 1 aromatic heterocycles. The van der Waals surface area contributed by atoms with E-state index in [0.717, 1.165) is 12.1 Å². The van der Waals surface area contributed by atoms with Gasteiger partial charge in [-0.1, -0.05) is 12.1 Å². The number of halogens is 3. The van der Waals surface area contributed by atoms with Crippen LogP contribution in [0.15, 0.2) is 41.1 Å². The number of carbonyl (C=O) groups excluding carboxylic acids is 1. The van der Waals surface area contributed by atoms with Crippen molar-refractivity contribution in [3.63, 3.8) is 0 Å². The highest BCUT2D eigenvalue weighted by Gasteiger charge is 2.31. The van der Waals surface area contributed by atoms with Gasteiger partial charge in [0.2, 0.25) is 0 Å². The molecule has 1 aromatic carbocycles. The quantitative estimate of drug-likeness (QED) is 0.793. The third-order valence-corrected chi connectivity index (χ3v) is 2.80. The molecule has 18 heavy (non-hydrogen) atoms. The molecule has 0 saturated carbocycles. The Morgan fingerprint density at radius 3 is 2.56 bits per heavy atom. The van der Waals surface area contributed by atoms with Crippen molar-refractivity contribution in [3.05, 3.63) is 52.2 Å². The molecule has 0 aliphatic carbocycles. The Morgan fingerprint density at radius 1 is 1.17 bits per heavy atom. The highest BCUT2D eigenvalue weighted by molar-refractivity contribution is 7.08. The van der Waals surface area contributed by atoms with Gasteiger partial charge < -0.3 is 4.74 Å². The van der Waals surface area contributed by atoms with E-state index in [1.165, 1.54) is 23.5 Å². The number of benzene rings is 1. The van der Waals surface area contributed by atoms with Crippen LogP contribution >= 0.6 is 11.3 Å². The normalized spacial score (nSPS) is 11.3. The Morgan fingerprint density at radius 2 is 1.94 bits per heavy atom. The molecular weight excluding hydrogens is 265 g/mol. The molecule has 0 amide bonds. The molecule has 0 N–H and O–H groups in total. The van der Waals surface area contributed by atoms with Gasteiger partial charge in [-0.25, -0.2) is 0 Å². The molecule has 2 rings (SSSR count). The maximum absolute atomic E-state index is 12.0. The van der Waals surface area contributed by atoms with Crippen LogP contribution in [0.25, 0.3) is 0 Å². The lowest BCUT2D eigenvalue weighted by molar-refractivity contribution is -0.274. The van der Waals surface area contributed by atoms with E-state index in [9.17, 15) is 18.0 Å². The molecule has 0 saturated heterocycles. The fraction of sp³-hybridized carbons (Fsp3) is 0.0833. The van der Waals surface area contributed by atoms with Crippen LogP contribution in [-0.4, -0.2) is 12.1 Å². The number of thiophene rings is 1. The number of hydrogen-bond donors (Lipinski definition) is 0. The second-order valence-electron chi connectivity index (χ2n) is 3.42. The first kappa shape index (κ1) is 12.6. The second-order valence-corrected chi connectivity index (χ2v) is 4.20. The summed E-state index contributed by atoms with van der Waals surface area (Å²) in [6, 6.07) is 6.64. The van der Waals surface area contributed by atoms with Crippen LogP contribution in [0.2, 0.25) is 0 Å². The van der Waals surface area contributed by atoms with Crippen LogP contribution in [0, 0.1) is 0 Å². The smallest absolute Gasteiger partial charge is 0.406 e. The summed E-state index contributed by atoms with van der Waals surface area (Å²) in [5.74, 6) is -0.729. The summed E-state index contributed by atoms with van der Waals surface area (Å²) in [6.45, 7) is 0. The summed E-state index contributed by atoms with van der Waals surface area (Å²) in [4.78, 5) is 11.9. The van der Waals surface area contributed by atoms with Gasteiger partial charge in [0.1, 0.15) is 5.75 Å². The zero-order chi connectivity index (χ0) is 13.2. The minimum atomic E-state index is -4.76. The van der Waals surface area contributed by atoms with Crippen molar-refractivity contribution in [2.24, 2.45) is 0 Å². The van der Waals surface area contributed by atoms with E-state index in [-0.39, 0.29) is 11.3 Å². The number of ketones is 1. The third-order valence-electron chi connectivity index (χ3n) is 2.11. The van der Waals surface area contributed by atoms with Crippen molar-refractivity contribution < 1.29 is 22.7 Å². The van der Waals surface area contributed by atoms with Gasteiger partial charge in [0.15, 0.2) is 5.78 Å². The zero-order valence-corrected chi connectivity index (χ0v) is 9.72. The molecule has 1 heterocycles. The van der Waals surface area contributed by atoms with E-state index in [2.05, 4.69) is 4.74 Å². The van der Waals surface area contributed by atoms with Crippen molar-refractivity contribution in [2.75, 3.05) is 0 Å². The van der Waals surface area contributed by atoms with Crippen LogP contribution < -0.4 is 4.74 Å². The first-order chi connectivity index (χ1) is 8.46. The van der Waals surface area contributed by atoms with Gasteiger partial charge >= 0.3 is 6.36 Å². The Kier molecular flexibility index (Phi) is 3.38. The van der Waals surface area contributed by atoms with Crippen LogP contribution in [0.5, 0.6) is 5.75 Å². The summed E-state index contributed by atoms with van der Waals surface area (Å²) in [7, 11) is 0. The highest BCUT2D eigenvalue weighted by atomic mass is 32.1. The predicted molar refractivity (Wildman–Crippen MR) is 60.9 cm³/mol. The molecule has 0 radical (unpaired) electrons. The molecule has 6 heteroatoms. The minimum Gasteiger partial charge on any atom is -0.406 e. The van der Waals surface area contributed by atoms with Crippen molar-refractivity contribution in [2.45, 2.75) is 6.36 Å². The molecule has 0 spiro atoms. The molecule has 0 unspecified atom stereocenters.